The summed E-state index contributed by atoms with van der Waals surface area (Å²) in [6, 6.07) is 0. The molecule has 2 aliphatic heterocycles. The Bertz CT molecular complexity index is 255. The van der Waals surface area contributed by atoms with Gasteiger partial charge in [0, 0.05) is 0 Å². The third-order valence-corrected chi connectivity index (χ3v) is 2.19. The molecule has 0 radical (unpaired) electrons. The first kappa shape index (κ1) is 14.1. The predicted octanol–water partition coefficient (Wildman–Crippen LogP) is -0.191. The second-order valence-electron chi connectivity index (χ2n) is 3.95. The number of epoxide rings is 2. The minimum atomic E-state index is -1.15. The number of aliphatic carboxylic acids is 1. The fourth-order valence-electron chi connectivity index (χ4n) is 0.838. The molecule has 6 heteroatoms. The van der Waals surface area contributed by atoms with Crippen molar-refractivity contribution in [1.82, 2.24) is 0 Å². The van der Waals surface area contributed by atoms with Crippen molar-refractivity contribution in [2.75, 3.05) is 26.4 Å². The van der Waals surface area contributed by atoms with E-state index in [1.54, 1.807) is 0 Å². The van der Waals surface area contributed by atoms with Crippen LogP contribution in [0.4, 0.5) is 0 Å². The van der Waals surface area contributed by atoms with Crippen molar-refractivity contribution in [3.63, 3.8) is 0 Å². The summed E-state index contributed by atoms with van der Waals surface area (Å²) in [6.07, 6.45) is -0.167. The highest BCUT2D eigenvalue weighted by Gasteiger charge is 2.26. The van der Waals surface area contributed by atoms with Crippen molar-refractivity contribution in [3.8, 4) is 0 Å². The van der Waals surface area contributed by atoms with Crippen molar-refractivity contribution >= 4 is 5.97 Å². The molecule has 2 saturated heterocycles. The van der Waals surface area contributed by atoms with Crippen LogP contribution >= 0.6 is 0 Å². The van der Waals surface area contributed by atoms with Crippen molar-refractivity contribution in [2.45, 2.75) is 25.2 Å². The molecule has 0 aromatic heterocycles. The Kier molecular flexibility index (Phi) is 5.57. The molecule has 3 atom stereocenters. The van der Waals surface area contributed by atoms with Gasteiger partial charge >= 0.3 is 5.97 Å². The largest absolute Gasteiger partial charge is 0.478 e. The van der Waals surface area contributed by atoms with E-state index in [2.05, 4.69) is 6.58 Å². The number of rotatable bonds is 6. The predicted molar refractivity (Wildman–Crippen MR) is 58.8 cm³/mol. The van der Waals surface area contributed by atoms with Crippen LogP contribution in [-0.2, 0) is 19.0 Å². The molecule has 2 fully saturated rings. The van der Waals surface area contributed by atoms with Gasteiger partial charge in [-0.05, 0) is 6.92 Å². The van der Waals surface area contributed by atoms with E-state index in [1.807, 2.05) is 0 Å². The Hall–Kier alpha value is -0.950. The van der Waals surface area contributed by atoms with Crippen molar-refractivity contribution in [3.05, 3.63) is 12.2 Å². The summed E-state index contributed by atoms with van der Waals surface area (Å²) in [6.45, 7) is 7.72. The summed E-state index contributed by atoms with van der Waals surface area (Å²) >= 11 is 0. The van der Waals surface area contributed by atoms with Crippen molar-refractivity contribution < 1.29 is 29.2 Å². The molecule has 2 aliphatic rings. The van der Waals surface area contributed by atoms with E-state index in [-0.39, 0.29) is 5.57 Å². The van der Waals surface area contributed by atoms with Gasteiger partial charge < -0.3 is 24.4 Å². The summed E-state index contributed by atoms with van der Waals surface area (Å²) in [5, 5.41) is 16.6. The molecular formula is C11H18O6. The second-order valence-corrected chi connectivity index (χ2v) is 3.95. The number of carboxylic acid groups (broad SMARTS) is 1. The van der Waals surface area contributed by atoms with Gasteiger partial charge in [0.2, 0.25) is 0 Å². The van der Waals surface area contributed by atoms with E-state index in [4.69, 9.17) is 24.4 Å². The lowest BCUT2D eigenvalue weighted by Crippen LogP contribution is -2.11. The normalized spacial score (nSPS) is 26.5. The molecule has 0 aromatic carbocycles. The quantitative estimate of drug-likeness (QED) is 0.498. The molecule has 17 heavy (non-hydrogen) atoms. The van der Waals surface area contributed by atoms with Gasteiger partial charge in [0.1, 0.15) is 12.2 Å². The van der Waals surface area contributed by atoms with Crippen LogP contribution in [0.25, 0.3) is 0 Å². The SMILES string of the molecule is C(OCC1CO1)C1CO1.C=C(C(=O)O)C(C)O. The Labute approximate surface area is 99.8 Å². The molecule has 98 valence electrons. The summed E-state index contributed by atoms with van der Waals surface area (Å²) in [5.41, 5.74) is -0.176. The molecule has 2 N–H and O–H groups in total. The molecule has 0 aliphatic carbocycles. The molecule has 2 heterocycles. The molecule has 0 bridgehead atoms. The van der Waals surface area contributed by atoms with E-state index in [9.17, 15) is 4.79 Å². The monoisotopic (exact) mass is 246 g/mol. The lowest BCUT2D eigenvalue weighted by molar-refractivity contribution is -0.133. The van der Waals surface area contributed by atoms with Crippen molar-refractivity contribution in [1.29, 1.82) is 0 Å². The van der Waals surface area contributed by atoms with Gasteiger partial charge in [0.05, 0.1) is 38.1 Å². The van der Waals surface area contributed by atoms with Crippen LogP contribution < -0.4 is 0 Å². The highest BCUT2D eigenvalue weighted by atomic mass is 16.6. The Balaban J connectivity index is 0.000000172. The lowest BCUT2D eigenvalue weighted by atomic mass is 10.2. The summed E-state index contributed by atoms with van der Waals surface area (Å²) < 4.78 is 15.1. The van der Waals surface area contributed by atoms with Gasteiger partial charge in [-0.3, -0.25) is 0 Å². The Morgan fingerprint density at radius 2 is 1.82 bits per heavy atom. The first-order valence-electron chi connectivity index (χ1n) is 5.41. The Morgan fingerprint density at radius 1 is 1.41 bits per heavy atom. The molecule has 0 aromatic rings. The fraction of sp³-hybridized carbons (Fsp3) is 0.727. The number of aliphatic hydroxyl groups excluding tert-OH is 1. The van der Waals surface area contributed by atoms with E-state index in [1.165, 1.54) is 6.92 Å². The maximum atomic E-state index is 9.88. The lowest BCUT2D eigenvalue weighted by Gasteiger charge is -1.99. The topological polar surface area (TPSA) is 91.8 Å². The molecular weight excluding hydrogens is 228 g/mol. The van der Waals surface area contributed by atoms with Gasteiger partial charge in [0.25, 0.3) is 0 Å². The van der Waals surface area contributed by atoms with E-state index >= 15 is 0 Å². The van der Waals surface area contributed by atoms with E-state index in [0.717, 1.165) is 26.4 Å². The minimum Gasteiger partial charge on any atom is -0.478 e. The molecule has 6 nitrogen and oxygen atoms in total. The molecule has 0 amide bonds. The molecule has 2 rings (SSSR count). The van der Waals surface area contributed by atoms with Crippen LogP contribution in [0.2, 0.25) is 0 Å². The molecule has 3 unspecified atom stereocenters. The maximum Gasteiger partial charge on any atom is 0.333 e. The van der Waals surface area contributed by atoms with Gasteiger partial charge in [-0.2, -0.15) is 0 Å². The van der Waals surface area contributed by atoms with Crippen LogP contribution in [0.1, 0.15) is 6.92 Å². The van der Waals surface area contributed by atoms with Gasteiger partial charge in [-0.1, -0.05) is 6.58 Å². The molecule has 0 saturated carbocycles. The number of aliphatic hydroxyl groups is 1. The average molecular weight is 246 g/mol. The van der Waals surface area contributed by atoms with Gasteiger partial charge in [-0.15, -0.1) is 0 Å². The van der Waals surface area contributed by atoms with E-state index in [0.29, 0.717) is 12.2 Å². The third-order valence-electron chi connectivity index (χ3n) is 2.19. The Morgan fingerprint density at radius 3 is 2.00 bits per heavy atom. The van der Waals surface area contributed by atoms with Crippen LogP contribution in [0.3, 0.4) is 0 Å². The summed E-state index contributed by atoms with van der Waals surface area (Å²) in [5.74, 6) is -1.15. The highest BCUT2D eigenvalue weighted by Crippen LogP contribution is 2.12. The number of carboxylic acids is 1. The van der Waals surface area contributed by atoms with Crippen LogP contribution in [0.5, 0.6) is 0 Å². The number of hydrogen-bond acceptors (Lipinski definition) is 5. The van der Waals surface area contributed by atoms with E-state index < -0.39 is 12.1 Å². The summed E-state index contributed by atoms with van der Waals surface area (Å²) in [7, 11) is 0. The first-order chi connectivity index (χ1) is 8.00. The number of ether oxygens (including phenoxy) is 3. The number of carbonyl (C=O) groups is 1. The van der Waals surface area contributed by atoms with Crippen LogP contribution in [0.15, 0.2) is 12.2 Å². The van der Waals surface area contributed by atoms with Gasteiger partial charge in [0.15, 0.2) is 0 Å². The minimum absolute atomic E-state index is 0.176. The average Bonchev–Trinajstić information content (AvgIpc) is 3.11. The van der Waals surface area contributed by atoms with Crippen LogP contribution in [-0.4, -0.2) is 60.9 Å². The van der Waals surface area contributed by atoms with Crippen molar-refractivity contribution in [2.24, 2.45) is 0 Å². The first-order valence-corrected chi connectivity index (χ1v) is 5.41. The smallest absolute Gasteiger partial charge is 0.333 e. The zero-order valence-electron chi connectivity index (χ0n) is 9.80. The second kappa shape index (κ2) is 6.70. The van der Waals surface area contributed by atoms with Gasteiger partial charge in [-0.25, -0.2) is 4.79 Å². The third kappa shape index (κ3) is 7.06. The molecule has 0 spiro atoms. The fourth-order valence-corrected chi connectivity index (χ4v) is 0.838. The highest BCUT2D eigenvalue weighted by molar-refractivity contribution is 5.86. The maximum absolute atomic E-state index is 9.88. The zero-order valence-corrected chi connectivity index (χ0v) is 9.80. The zero-order chi connectivity index (χ0) is 12.8. The number of hydrogen-bond donors (Lipinski definition) is 2. The standard InChI is InChI=1S/C6H10O3.C5H8O3/c1(5-3-8-5)7-2-6-4-9-6;1-3(4(2)6)5(7)8/h5-6H,1-4H2;4,6H,1H2,2H3,(H,7,8). The summed E-state index contributed by atoms with van der Waals surface area (Å²) in [4.78, 5) is 9.88. The van der Waals surface area contributed by atoms with Crippen LogP contribution in [0, 0.1) is 0 Å².